The van der Waals surface area contributed by atoms with E-state index in [9.17, 15) is 4.79 Å². The smallest absolute Gasteiger partial charge is 0.254 e. The van der Waals surface area contributed by atoms with Crippen molar-refractivity contribution in [3.8, 4) is 0 Å². The van der Waals surface area contributed by atoms with Crippen LogP contribution < -0.4 is 5.32 Å². The molecule has 7 nitrogen and oxygen atoms in total. The number of hydrogen-bond donors (Lipinski definition) is 1. The first-order chi connectivity index (χ1) is 12.6. The number of likely N-dealkylation sites (tertiary alicyclic amines) is 1. The number of hydrogen-bond acceptors (Lipinski definition) is 5. The van der Waals surface area contributed by atoms with Gasteiger partial charge < -0.3 is 10.1 Å². The Hall–Kier alpha value is -2.25. The number of carbonyl (C=O) groups excluding carboxylic acids is 1. The van der Waals surface area contributed by atoms with Crippen molar-refractivity contribution < 1.29 is 9.53 Å². The zero-order chi connectivity index (χ0) is 18.0. The van der Waals surface area contributed by atoms with Gasteiger partial charge in [-0.25, -0.2) is 0 Å². The highest BCUT2D eigenvalue weighted by Crippen LogP contribution is 2.36. The number of carbonyl (C=O) groups is 1. The fourth-order valence-corrected chi connectivity index (χ4v) is 3.81. The summed E-state index contributed by atoms with van der Waals surface area (Å²) in [6.45, 7) is 4.19. The summed E-state index contributed by atoms with van der Waals surface area (Å²) >= 11 is 0. The number of ether oxygens (including phenoxy) is 1. The van der Waals surface area contributed by atoms with Gasteiger partial charge >= 0.3 is 0 Å². The summed E-state index contributed by atoms with van der Waals surface area (Å²) in [6, 6.07) is 6.03. The van der Waals surface area contributed by atoms with Crippen LogP contribution in [0.2, 0.25) is 0 Å². The van der Waals surface area contributed by atoms with Gasteiger partial charge in [0.25, 0.3) is 5.91 Å². The first-order valence-electron chi connectivity index (χ1n) is 9.15. The van der Waals surface area contributed by atoms with Gasteiger partial charge in [-0.1, -0.05) is 6.07 Å². The van der Waals surface area contributed by atoms with Gasteiger partial charge in [-0.3, -0.25) is 19.4 Å². The Labute approximate surface area is 153 Å². The number of amides is 1. The summed E-state index contributed by atoms with van der Waals surface area (Å²) in [5, 5.41) is 7.03. The lowest BCUT2D eigenvalue weighted by Gasteiger charge is -2.52. The summed E-state index contributed by atoms with van der Waals surface area (Å²) in [4.78, 5) is 18.9. The predicted molar refractivity (Wildman–Crippen MR) is 96.5 cm³/mol. The number of pyridine rings is 1. The van der Waals surface area contributed by atoms with E-state index < -0.39 is 0 Å². The molecule has 0 bridgehead atoms. The number of aryl methyl sites for hydroxylation is 1. The van der Waals surface area contributed by atoms with Crippen LogP contribution in [0.4, 0.5) is 0 Å². The molecule has 2 saturated heterocycles. The molecule has 0 radical (unpaired) electrons. The minimum absolute atomic E-state index is 0.0125. The minimum Gasteiger partial charge on any atom is -0.372 e. The largest absolute Gasteiger partial charge is 0.372 e. The van der Waals surface area contributed by atoms with Crippen molar-refractivity contribution in [3.63, 3.8) is 0 Å². The summed E-state index contributed by atoms with van der Waals surface area (Å²) in [7, 11) is 1.81. The molecule has 4 heterocycles. The van der Waals surface area contributed by atoms with Gasteiger partial charge in [0.15, 0.2) is 0 Å². The molecule has 138 valence electrons. The molecule has 26 heavy (non-hydrogen) atoms. The van der Waals surface area contributed by atoms with Gasteiger partial charge in [0.2, 0.25) is 0 Å². The van der Waals surface area contributed by atoms with Crippen LogP contribution in [0, 0.1) is 5.92 Å². The van der Waals surface area contributed by atoms with Gasteiger partial charge in [0.05, 0.1) is 29.7 Å². The quantitative estimate of drug-likeness (QED) is 0.873. The Kier molecular flexibility index (Phi) is 4.74. The van der Waals surface area contributed by atoms with Crippen LogP contribution in [0.3, 0.4) is 0 Å². The van der Waals surface area contributed by atoms with Crippen molar-refractivity contribution in [2.45, 2.75) is 25.0 Å². The average Bonchev–Trinajstić information content (AvgIpc) is 3.07. The zero-order valence-corrected chi connectivity index (χ0v) is 15.1. The third-order valence-corrected chi connectivity index (χ3v) is 5.29. The van der Waals surface area contributed by atoms with Crippen LogP contribution in [-0.2, 0) is 18.3 Å². The molecular formula is C19H25N5O2. The zero-order valence-electron chi connectivity index (χ0n) is 15.1. The minimum atomic E-state index is -0.0661. The van der Waals surface area contributed by atoms with Crippen LogP contribution >= 0.6 is 0 Å². The molecule has 2 aliphatic heterocycles. The molecule has 0 unspecified atom stereocenters. The molecule has 4 rings (SSSR count). The Balaban J connectivity index is 1.18. The van der Waals surface area contributed by atoms with E-state index in [0.29, 0.717) is 24.6 Å². The molecule has 1 spiro atoms. The van der Waals surface area contributed by atoms with E-state index in [1.807, 2.05) is 18.3 Å². The molecule has 2 aromatic heterocycles. The summed E-state index contributed by atoms with van der Waals surface area (Å²) < 4.78 is 7.83. The van der Waals surface area contributed by atoms with Crippen molar-refractivity contribution >= 4 is 5.91 Å². The van der Waals surface area contributed by atoms with Crippen molar-refractivity contribution in [3.05, 3.63) is 48.0 Å². The van der Waals surface area contributed by atoms with Crippen LogP contribution in [0.1, 0.15) is 28.9 Å². The maximum Gasteiger partial charge on any atom is 0.254 e. The molecule has 1 N–H and O–H groups in total. The molecule has 1 amide bonds. The summed E-state index contributed by atoms with van der Waals surface area (Å²) in [5.74, 6) is 0.314. The maximum atomic E-state index is 12.1. The van der Waals surface area contributed by atoms with E-state index >= 15 is 0 Å². The number of nitrogens with one attached hydrogen (secondary N) is 1. The third-order valence-electron chi connectivity index (χ3n) is 5.29. The fourth-order valence-electron chi connectivity index (χ4n) is 3.81. The predicted octanol–water partition coefficient (Wildman–Crippen LogP) is 1.23. The topological polar surface area (TPSA) is 72.3 Å². The molecule has 0 aromatic carbocycles. The highest BCUT2D eigenvalue weighted by Gasteiger charge is 2.46. The van der Waals surface area contributed by atoms with Gasteiger partial charge in [-0.15, -0.1) is 0 Å². The number of aromatic nitrogens is 3. The SMILES string of the molecule is Cn1cc(C(=O)NC[C@@H]2CCC3(CN(Cc4ccccn4)C3)OC2)cn1. The number of rotatable bonds is 5. The molecule has 2 fully saturated rings. The molecule has 0 saturated carbocycles. The van der Waals surface area contributed by atoms with E-state index in [-0.39, 0.29) is 11.5 Å². The standard InChI is InChI=1S/C19H25N5O2/c1-23-10-16(9-22-23)18(25)21-8-15-5-6-19(26-12-15)13-24(14-19)11-17-4-2-3-7-20-17/h2-4,7,9-10,15H,5-6,8,11-14H2,1H3,(H,21,25)/t15-/m0/s1. The Morgan fingerprint density at radius 2 is 2.31 bits per heavy atom. The van der Waals surface area contributed by atoms with E-state index in [1.54, 1.807) is 24.1 Å². The second-order valence-electron chi connectivity index (χ2n) is 7.48. The summed E-state index contributed by atoms with van der Waals surface area (Å²) in [5.41, 5.74) is 1.72. The van der Waals surface area contributed by atoms with Crippen LogP contribution in [0.15, 0.2) is 36.8 Å². The lowest BCUT2D eigenvalue weighted by atomic mass is 9.83. The van der Waals surface area contributed by atoms with Gasteiger partial charge in [-0.2, -0.15) is 5.10 Å². The van der Waals surface area contributed by atoms with E-state index in [0.717, 1.165) is 38.2 Å². The van der Waals surface area contributed by atoms with Crippen LogP contribution in [-0.4, -0.2) is 57.4 Å². The first-order valence-corrected chi connectivity index (χ1v) is 9.15. The van der Waals surface area contributed by atoms with Gasteiger partial charge in [0.1, 0.15) is 0 Å². The Morgan fingerprint density at radius 1 is 1.42 bits per heavy atom. The second-order valence-corrected chi connectivity index (χ2v) is 7.48. The van der Waals surface area contributed by atoms with Crippen molar-refractivity contribution in [2.24, 2.45) is 13.0 Å². The third kappa shape index (κ3) is 3.78. The monoisotopic (exact) mass is 355 g/mol. The lowest BCUT2D eigenvalue weighted by Crippen LogP contribution is -2.64. The van der Waals surface area contributed by atoms with Crippen LogP contribution in [0.5, 0.6) is 0 Å². The van der Waals surface area contributed by atoms with E-state index in [1.165, 1.54) is 0 Å². The Morgan fingerprint density at radius 3 is 2.96 bits per heavy atom. The summed E-state index contributed by atoms with van der Waals surface area (Å²) in [6.07, 6.45) is 7.30. The maximum absolute atomic E-state index is 12.1. The van der Waals surface area contributed by atoms with Gasteiger partial charge in [0, 0.05) is 45.6 Å². The fraction of sp³-hybridized carbons (Fsp3) is 0.526. The highest BCUT2D eigenvalue weighted by atomic mass is 16.5. The molecule has 2 aliphatic rings. The second kappa shape index (κ2) is 7.17. The molecule has 1 atom stereocenters. The van der Waals surface area contributed by atoms with E-state index in [2.05, 4.69) is 26.4 Å². The molecule has 2 aromatic rings. The Bertz CT molecular complexity index is 744. The van der Waals surface area contributed by atoms with E-state index in [4.69, 9.17) is 4.74 Å². The molecule has 0 aliphatic carbocycles. The van der Waals surface area contributed by atoms with Crippen LogP contribution in [0.25, 0.3) is 0 Å². The van der Waals surface area contributed by atoms with Crippen molar-refractivity contribution in [2.75, 3.05) is 26.2 Å². The van der Waals surface area contributed by atoms with Crippen molar-refractivity contribution in [1.29, 1.82) is 0 Å². The highest BCUT2D eigenvalue weighted by molar-refractivity contribution is 5.93. The average molecular weight is 355 g/mol. The van der Waals surface area contributed by atoms with Crippen molar-refractivity contribution in [1.82, 2.24) is 25.0 Å². The number of nitrogens with zero attached hydrogens (tertiary/aromatic N) is 4. The normalized spacial score (nSPS) is 22.1. The van der Waals surface area contributed by atoms with Gasteiger partial charge in [-0.05, 0) is 30.9 Å². The lowest BCUT2D eigenvalue weighted by molar-refractivity contribution is -0.181. The first kappa shape index (κ1) is 17.2. The molecular weight excluding hydrogens is 330 g/mol. The molecule has 7 heteroatoms.